The summed E-state index contributed by atoms with van der Waals surface area (Å²) in [7, 11) is 0. The van der Waals surface area contributed by atoms with E-state index in [1.54, 1.807) is 0 Å². The van der Waals surface area contributed by atoms with Crippen LogP contribution in [0.1, 0.15) is 50.5 Å². The topological polar surface area (TPSA) is 35.2 Å². The molecule has 1 aliphatic carbocycles. The lowest BCUT2D eigenvalue weighted by molar-refractivity contribution is 0.307. The van der Waals surface area contributed by atoms with Gasteiger partial charge in [0.2, 0.25) is 0 Å². The van der Waals surface area contributed by atoms with Gasteiger partial charge in [-0.05, 0) is 55.8 Å². The highest BCUT2D eigenvalue weighted by molar-refractivity contribution is 5.30. The predicted octanol–water partition coefficient (Wildman–Crippen LogP) is 3.71. The zero-order valence-corrected chi connectivity index (χ0v) is 11.4. The molecule has 0 saturated heterocycles. The number of benzene rings is 1. The number of ether oxygens (including phenoxy) is 1. The molecule has 1 saturated carbocycles. The number of rotatable bonds is 5. The van der Waals surface area contributed by atoms with Gasteiger partial charge in [-0.25, -0.2) is 0 Å². The zero-order valence-electron chi connectivity index (χ0n) is 11.4. The molecule has 2 heteroatoms. The highest BCUT2D eigenvalue weighted by Crippen LogP contribution is 2.35. The van der Waals surface area contributed by atoms with E-state index in [2.05, 4.69) is 24.3 Å². The molecule has 2 rings (SSSR count). The van der Waals surface area contributed by atoms with Gasteiger partial charge in [0.1, 0.15) is 5.75 Å². The van der Waals surface area contributed by atoms with Gasteiger partial charge in [0.05, 0.1) is 6.61 Å². The Morgan fingerprint density at radius 2 is 1.83 bits per heavy atom. The maximum Gasteiger partial charge on any atom is 0.119 e. The van der Waals surface area contributed by atoms with E-state index in [1.807, 2.05) is 6.92 Å². The van der Waals surface area contributed by atoms with Crippen molar-refractivity contribution in [1.82, 2.24) is 0 Å². The van der Waals surface area contributed by atoms with Crippen molar-refractivity contribution in [3.63, 3.8) is 0 Å². The molecule has 1 fully saturated rings. The van der Waals surface area contributed by atoms with Gasteiger partial charge in [0.25, 0.3) is 0 Å². The normalized spacial score (nSPS) is 18.6. The Labute approximate surface area is 111 Å². The molecule has 0 aliphatic heterocycles. The smallest absolute Gasteiger partial charge is 0.119 e. The molecule has 18 heavy (non-hydrogen) atoms. The number of hydrogen-bond acceptors (Lipinski definition) is 2. The van der Waals surface area contributed by atoms with Crippen molar-refractivity contribution in [1.29, 1.82) is 0 Å². The third kappa shape index (κ3) is 3.26. The first-order valence-corrected chi connectivity index (χ1v) is 7.28. The van der Waals surface area contributed by atoms with Crippen LogP contribution in [0.25, 0.3) is 0 Å². The van der Waals surface area contributed by atoms with E-state index in [-0.39, 0.29) is 0 Å². The molecule has 0 bridgehead atoms. The second kappa shape index (κ2) is 6.79. The molecule has 0 heterocycles. The van der Waals surface area contributed by atoms with Gasteiger partial charge in [0, 0.05) is 0 Å². The fourth-order valence-electron chi connectivity index (χ4n) is 3.12. The van der Waals surface area contributed by atoms with Crippen LogP contribution >= 0.6 is 0 Å². The first-order chi connectivity index (χ1) is 8.85. The first-order valence-electron chi connectivity index (χ1n) is 7.28. The molecule has 0 spiro atoms. The van der Waals surface area contributed by atoms with E-state index in [9.17, 15) is 0 Å². The summed E-state index contributed by atoms with van der Waals surface area (Å²) >= 11 is 0. The highest BCUT2D eigenvalue weighted by Gasteiger charge is 2.23. The van der Waals surface area contributed by atoms with Crippen LogP contribution in [0.2, 0.25) is 0 Å². The number of hydrogen-bond donors (Lipinski definition) is 1. The maximum absolute atomic E-state index is 6.00. The molecule has 2 nitrogen and oxygen atoms in total. The van der Waals surface area contributed by atoms with Crippen molar-refractivity contribution < 1.29 is 4.74 Å². The van der Waals surface area contributed by atoms with Crippen LogP contribution in [-0.2, 0) is 0 Å². The summed E-state index contributed by atoms with van der Waals surface area (Å²) in [5, 5.41) is 0. The van der Waals surface area contributed by atoms with Gasteiger partial charge in [-0.15, -0.1) is 0 Å². The van der Waals surface area contributed by atoms with Crippen molar-refractivity contribution in [3.05, 3.63) is 29.8 Å². The van der Waals surface area contributed by atoms with Crippen LogP contribution < -0.4 is 10.5 Å². The van der Waals surface area contributed by atoms with Crippen LogP contribution in [0.5, 0.6) is 5.75 Å². The van der Waals surface area contributed by atoms with E-state index in [0.29, 0.717) is 5.92 Å². The maximum atomic E-state index is 6.00. The highest BCUT2D eigenvalue weighted by atomic mass is 16.5. The molecule has 2 N–H and O–H groups in total. The minimum Gasteiger partial charge on any atom is -0.494 e. The standard InChI is InChI=1S/C16H25NO/c1-2-18-15-10-8-14(9-11-15)16(12-17)13-6-4-3-5-7-13/h8-11,13,16H,2-7,12,17H2,1H3. The van der Waals surface area contributed by atoms with Crippen molar-refractivity contribution in [2.24, 2.45) is 11.7 Å². The third-order valence-corrected chi connectivity index (χ3v) is 4.09. The van der Waals surface area contributed by atoms with E-state index in [1.165, 1.54) is 37.7 Å². The minimum atomic E-state index is 0.529. The quantitative estimate of drug-likeness (QED) is 0.861. The molecular formula is C16H25NO. The van der Waals surface area contributed by atoms with E-state index < -0.39 is 0 Å². The average molecular weight is 247 g/mol. The Morgan fingerprint density at radius 3 is 2.39 bits per heavy atom. The van der Waals surface area contributed by atoms with Crippen molar-refractivity contribution in [3.8, 4) is 5.75 Å². The van der Waals surface area contributed by atoms with Crippen LogP contribution in [0.4, 0.5) is 0 Å². The molecule has 1 aromatic carbocycles. The van der Waals surface area contributed by atoms with Gasteiger partial charge in [-0.2, -0.15) is 0 Å². The van der Waals surface area contributed by atoms with Crippen molar-refractivity contribution >= 4 is 0 Å². The monoisotopic (exact) mass is 247 g/mol. The Balaban J connectivity index is 2.06. The largest absolute Gasteiger partial charge is 0.494 e. The summed E-state index contributed by atoms with van der Waals surface area (Å²) < 4.78 is 5.49. The first kappa shape index (κ1) is 13.4. The average Bonchev–Trinajstić information content (AvgIpc) is 2.43. The Kier molecular flexibility index (Phi) is 5.06. The summed E-state index contributed by atoms with van der Waals surface area (Å²) in [5.74, 6) is 2.27. The fraction of sp³-hybridized carbons (Fsp3) is 0.625. The van der Waals surface area contributed by atoms with E-state index in [0.717, 1.165) is 24.8 Å². The lowest BCUT2D eigenvalue weighted by Gasteiger charge is -2.29. The van der Waals surface area contributed by atoms with Crippen LogP contribution in [0.3, 0.4) is 0 Å². The molecule has 1 unspecified atom stereocenters. The third-order valence-electron chi connectivity index (χ3n) is 4.09. The lowest BCUT2D eigenvalue weighted by atomic mass is 9.77. The summed E-state index contributed by atoms with van der Waals surface area (Å²) in [4.78, 5) is 0. The molecule has 0 aromatic heterocycles. The zero-order chi connectivity index (χ0) is 12.8. The molecule has 1 atom stereocenters. The molecule has 0 radical (unpaired) electrons. The van der Waals surface area contributed by atoms with Crippen LogP contribution in [0, 0.1) is 5.92 Å². The van der Waals surface area contributed by atoms with Gasteiger partial charge < -0.3 is 10.5 Å². The molecule has 0 amide bonds. The summed E-state index contributed by atoms with van der Waals surface area (Å²) in [6.45, 7) is 3.50. The predicted molar refractivity (Wildman–Crippen MR) is 76.0 cm³/mol. The fourth-order valence-corrected chi connectivity index (χ4v) is 3.12. The summed E-state index contributed by atoms with van der Waals surface area (Å²) in [6, 6.07) is 8.53. The van der Waals surface area contributed by atoms with Crippen molar-refractivity contribution in [2.45, 2.75) is 44.9 Å². The molecule has 1 aromatic rings. The Hall–Kier alpha value is -1.02. The Bertz CT molecular complexity index is 341. The van der Waals surface area contributed by atoms with E-state index >= 15 is 0 Å². The van der Waals surface area contributed by atoms with Gasteiger partial charge in [-0.1, -0.05) is 31.4 Å². The molecule has 1 aliphatic rings. The SMILES string of the molecule is CCOc1ccc(C(CN)C2CCCCC2)cc1. The van der Waals surface area contributed by atoms with Gasteiger partial charge in [-0.3, -0.25) is 0 Å². The lowest BCUT2D eigenvalue weighted by Crippen LogP contribution is -2.23. The van der Waals surface area contributed by atoms with Crippen molar-refractivity contribution in [2.75, 3.05) is 13.2 Å². The molecular weight excluding hydrogens is 222 g/mol. The second-order valence-corrected chi connectivity index (χ2v) is 5.24. The minimum absolute atomic E-state index is 0.529. The molecule has 100 valence electrons. The Morgan fingerprint density at radius 1 is 1.17 bits per heavy atom. The number of nitrogens with two attached hydrogens (primary N) is 1. The van der Waals surface area contributed by atoms with E-state index in [4.69, 9.17) is 10.5 Å². The summed E-state index contributed by atoms with van der Waals surface area (Å²) in [5.41, 5.74) is 7.38. The van der Waals surface area contributed by atoms with Gasteiger partial charge >= 0.3 is 0 Å². The summed E-state index contributed by atoms with van der Waals surface area (Å²) in [6.07, 6.45) is 6.83. The van der Waals surface area contributed by atoms with Crippen LogP contribution in [-0.4, -0.2) is 13.2 Å². The second-order valence-electron chi connectivity index (χ2n) is 5.24. The van der Waals surface area contributed by atoms with Gasteiger partial charge in [0.15, 0.2) is 0 Å². The van der Waals surface area contributed by atoms with Crippen LogP contribution in [0.15, 0.2) is 24.3 Å².